The van der Waals surface area contributed by atoms with Gasteiger partial charge in [0, 0.05) is 13.3 Å². The predicted octanol–water partition coefficient (Wildman–Crippen LogP) is 1.26. The summed E-state index contributed by atoms with van der Waals surface area (Å²) in [4.78, 5) is 4.19. The van der Waals surface area contributed by atoms with E-state index in [9.17, 15) is 5.11 Å². The third-order valence-electron chi connectivity index (χ3n) is 3.57. The van der Waals surface area contributed by atoms with Crippen LogP contribution in [0, 0.1) is 6.92 Å². The number of hydrogen-bond donors (Lipinski definition) is 2. The van der Waals surface area contributed by atoms with Crippen LogP contribution in [0.4, 0.5) is 0 Å². The molecule has 0 saturated carbocycles. The van der Waals surface area contributed by atoms with Gasteiger partial charge in [-0.05, 0) is 44.9 Å². The number of benzene rings is 1. The van der Waals surface area contributed by atoms with Crippen molar-refractivity contribution in [3.05, 3.63) is 41.5 Å². The van der Waals surface area contributed by atoms with E-state index >= 15 is 0 Å². The van der Waals surface area contributed by atoms with Crippen LogP contribution < -0.4 is 10.1 Å². The molecule has 0 bridgehead atoms. The molecule has 0 amide bonds. The summed E-state index contributed by atoms with van der Waals surface area (Å²) in [7, 11) is 0. The molecule has 1 aromatic heterocycles. The number of rotatable bonds is 8. The number of nitrogens with two attached hydrogens (primary N) is 1. The number of ether oxygens (including phenoxy) is 1. The van der Waals surface area contributed by atoms with Crippen LogP contribution in [0.5, 0.6) is 5.75 Å². The molecule has 0 aliphatic carbocycles. The lowest BCUT2D eigenvalue weighted by molar-refractivity contribution is -0.722. The van der Waals surface area contributed by atoms with E-state index in [1.54, 1.807) is 6.92 Å². The number of quaternary nitrogens is 1. The zero-order valence-electron chi connectivity index (χ0n) is 15.0. The lowest BCUT2D eigenvalue weighted by Crippen LogP contribution is -2.96. The Hall–Kier alpha value is -1.92. The van der Waals surface area contributed by atoms with Crippen LogP contribution in [0.2, 0.25) is 0 Å². The maximum Gasteiger partial charge on any atom is 0.223 e. The van der Waals surface area contributed by atoms with Crippen molar-refractivity contribution in [2.75, 3.05) is 13.2 Å². The third kappa shape index (κ3) is 6.68. The van der Waals surface area contributed by atoms with Gasteiger partial charge in [-0.15, -0.1) is 0 Å². The summed E-state index contributed by atoms with van der Waals surface area (Å²) in [5.41, 5.74) is 1.30. The van der Waals surface area contributed by atoms with Gasteiger partial charge in [0.1, 0.15) is 25.0 Å². The molecule has 0 fully saturated rings. The Morgan fingerprint density at radius 2 is 1.92 bits per heavy atom. The minimum atomic E-state index is -0.481. The van der Waals surface area contributed by atoms with Crippen LogP contribution in [0.25, 0.3) is 0 Å². The quantitative estimate of drug-likeness (QED) is 0.759. The molecule has 2 rings (SSSR count). The van der Waals surface area contributed by atoms with Gasteiger partial charge in [-0.25, -0.2) is 0 Å². The van der Waals surface area contributed by atoms with Crippen LogP contribution in [-0.2, 0) is 12.8 Å². The van der Waals surface area contributed by atoms with Crippen LogP contribution in [-0.4, -0.2) is 40.0 Å². The van der Waals surface area contributed by atoms with Crippen molar-refractivity contribution in [3.8, 4) is 5.75 Å². The van der Waals surface area contributed by atoms with Crippen molar-refractivity contribution in [3.63, 3.8) is 0 Å². The highest BCUT2D eigenvalue weighted by molar-refractivity contribution is 5.27. The van der Waals surface area contributed by atoms with E-state index < -0.39 is 6.10 Å². The molecule has 0 spiro atoms. The largest absolute Gasteiger partial charge is 0.491 e. The van der Waals surface area contributed by atoms with Crippen molar-refractivity contribution in [2.45, 2.75) is 52.2 Å². The van der Waals surface area contributed by atoms with E-state index in [0.717, 1.165) is 24.4 Å². The molecule has 0 radical (unpaired) electrons. The Kier molecular flexibility index (Phi) is 6.34. The monoisotopic (exact) mass is 334 g/mol. The first kappa shape index (κ1) is 18.4. The zero-order valence-corrected chi connectivity index (χ0v) is 15.0. The first-order valence-corrected chi connectivity index (χ1v) is 8.35. The second kappa shape index (κ2) is 8.26. The molecule has 1 atom stereocenters. The maximum atomic E-state index is 9.96. The molecular formula is C18H28N3O3+. The van der Waals surface area contributed by atoms with Gasteiger partial charge in [-0.3, -0.25) is 0 Å². The average Bonchev–Trinajstić information content (AvgIpc) is 2.95. The molecule has 3 N–H and O–H groups in total. The van der Waals surface area contributed by atoms with Gasteiger partial charge in [0.2, 0.25) is 5.89 Å². The number of aryl methyl sites for hydroxylation is 3. The van der Waals surface area contributed by atoms with E-state index in [0.29, 0.717) is 19.0 Å². The van der Waals surface area contributed by atoms with Gasteiger partial charge in [-0.1, -0.05) is 17.3 Å². The van der Waals surface area contributed by atoms with Gasteiger partial charge in [-0.2, -0.15) is 4.98 Å². The Bertz CT molecular complexity index is 617. The first-order valence-electron chi connectivity index (χ1n) is 8.35. The number of hydrogen-bond acceptors (Lipinski definition) is 5. The van der Waals surface area contributed by atoms with Crippen LogP contribution >= 0.6 is 0 Å². The average molecular weight is 334 g/mol. The summed E-state index contributed by atoms with van der Waals surface area (Å²) in [6, 6.07) is 7.90. The fourth-order valence-electron chi connectivity index (χ4n) is 2.20. The van der Waals surface area contributed by atoms with E-state index in [1.165, 1.54) is 5.56 Å². The minimum Gasteiger partial charge on any atom is -0.491 e. The highest BCUT2D eigenvalue weighted by atomic mass is 16.5. The molecule has 0 aliphatic heterocycles. The van der Waals surface area contributed by atoms with Gasteiger partial charge >= 0.3 is 0 Å². The first-order chi connectivity index (χ1) is 11.3. The van der Waals surface area contributed by atoms with Crippen molar-refractivity contribution >= 4 is 0 Å². The molecule has 6 nitrogen and oxygen atoms in total. The standard InChI is InChI=1S/C18H27N3O3/c1-13-20-17(21-24-13)10-7-14-5-8-16(9-6-14)23-12-15(22)11-19-18(2,3)4/h5-6,8-9,15,19,22H,7,10-12H2,1-4H3/p+1/t15-/m0/s1. The SMILES string of the molecule is Cc1nc(CCc2ccc(OC[C@@H](O)C[NH2+]C(C)(C)C)cc2)no1. The Labute approximate surface area is 143 Å². The number of nitrogens with zero attached hydrogens (tertiary/aromatic N) is 2. The molecule has 0 unspecified atom stereocenters. The van der Waals surface area contributed by atoms with Crippen molar-refractivity contribution in [1.82, 2.24) is 10.1 Å². The number of aliphatic hydroxyl groups excluding tert-OH is 1. The van der Waals surface area contributed by atoms with Crippen LogP contribution in [0.1, 0.15) is 38.0 Å². The van der Waals surface area contributed by atoms with E-state index in [1.807, 2.05) is 24.3 Å². The normalized spacial score (nSPS) is 13.0. The molecule has 0 aliphatic rings. The highest BCUT2D eigenvalue weighted by Crippen LogP contribution is 2.14. The summed E-state index contributed by atoms with van der Waals surface area (Å²) >= 11 is 0. The van der Waals surface area contributed by atoms with E-state index in [2.05, 4.69) is 36.2 Å². The molecule has 1 aromatic carbocycles. The summed E-state index contributed by atoms with van der Waals surface area (Å²) in [6.07, 6.45) is 1.12. The zero-order chi connectivity index (χ0) is 17.6. The van der Waals surface area contributed by atoms with Gasteiger partial charge in [0.15, 0.2) is 5.82 Å². The van der Waals surface area contributed by atoms with Crippen molar-refractivity contribution < 1.29 is 19.7 Å². The predicted molar refractivity (Wildman–Crippen MR) is 90.9 cm³/mol. The fourth-order valence-corrected chi connectivity index (χ4v) is 2.20. The summed E-state index contributed by atoms with van der Waals surface area (Å²) in [6.45, 7) is 9.08. The number of aliphatic hydroxyl groups is 1. The van der Waals surface area contributed by atoms with Gasteiger partial charge < -0.3 is 19.7 Å². The summed E-state index contributed by atoms with van der Waals surface area (Å²) in [5, 5.41) is 16.0. The third-order valence-corrected chi connectivity index (χ3v) is 3.57. The second-order valence-corrected chi connectivity index (χ2v) is 7.14. The van der Waals surface area contributed by atoms with Crippen molar-refractivity contribution in [2.24, 2.45) is 0 Å². The lowest BCUT2D eigenvalue weighted by atomic mass is 10.1. The van der Waals surface area contributed by atoms with Gasteiger partial charge in [0.25, 0.3) is 0 Å². The second-order valence-electron chi connectivity index (χ2n) is 7.14. The lowest BCUT2D eigenvalue weighted by Gasteiger charge is -2.19. The van der Waals surface area contributed by atoms with E-state index in [-0.39, 0.29) is 5.54 Å². The number of aromatic nitrogens is 2. The Balaban J connectivity index is 1.73. The van der Waals surface area contributed by atoms with E-state index in [4.69, 9.17) is 9.26 Å². The van der Waals surface area contributed by atoms with Crippen molar-refractivity contribution in [1.29, 1.82) is 0 Å². The molecular weight excluding hydrogens is 306 g/mol. The maximum absolute atomic E-state index is 9.96. The Morgan fingerprint density at radius 1 is 1.21 bits per heavy atom. The Morgan fingerprint density at radius 3 is 2.50 bits per heavy atom. The smallest absolute Gasteiger partial charge is 0.223 e. The molecule has 132 valence electrons. The van der Waals surface area contributed by atoms with Crippen LogP contribution in [0.3, 0.4) is 0 Å². The molecule has 2 aromatic rings. The molecule has 0 saturated heterocycles. The molecule has 24 heavy (non-hydrogen) atoms. The summed E-state index contributed by atoms with van der Waals surface area (Å²) in [5.74, 6) is 2.09. The molecule has 1 heterocycles. The topological polar surface area (TPSA) is 85.0 Å². The van der Waals surface area contributed by atoms with Gasteiger partial charge in [0.05, 0.1) is 5.54 Å². The highest BCUT2D eigenvalue weighted by Gasteiger charge is 2.16. The fraction of sp³-hybridized carbons (Fsp3) is 0.556. The molecule has 6 heteroatoms. The van der Waals surface area contributed by atoms with Crippen LogP contribution in [0.15, 0.2) is 28.8 Å². The summed E-state index contributed by atoms with van der Waals surface area (Å²) < 4.78 is 10.6. The minimum absolute atomic E-state index is 0.111.